The van der Waals surface area contributed by atoms with Crippen LogP contribution in [0.3, 0.4) is 0 Å². The van der Waals surface area contributed by atoms with Crippen molar-refractivity contribution in [3.8, 4) is 78.5 Å². The van der Waals surface area contributed by atoms with Gasteiger partial charge < -0.3 is 8.83 Å². The van der Waals surface area contributed by atoms with Crippen molar-refractivity contribution in [3.05, 3.63) is 193 Å². The molecule has 11 rings (SSSR count). The molecular formula is C53H36N2O2. The number of rotatable bonds is 6. The highest BCUT2D eigenvalue weighted by Crippen LogP contribution is 2.51. The smallest absolute Gasteiger partial charge is 0.227 e. The Labute approximate surface area is 330 Å². The number of fused-ring (bicyclic) bond motifs is 5. The molecule has 0 bridgehead atoms. The van der Waals surface area contributed by atoms with Crippen LogP contribution >= 0.6 is 0 Å². The van der Waals surface area contributed by atoms with Crippen LogP contribution in [0.2, 0.25) is 0 Å². The molecule has 0 saturated carbocycles. The molecule has 8 aromatic carbocycles. The van der Waals surface area contributed by atoms with E-state index in [1.54, 1.807) is 0 Å². The first-order chi connectivity index (χ1) is 27.9. The highest BCUT2D eigenvalue weighted by Gasteiger charge is 2.36. The van der Waals surface area contributed by atoms with E-state index < -0.39 is 0 Å². The van der Waals surface area contributed by atoms with Crippen molar-refractivity contribution in [2.45, 2.75) is 19.3 Å². The van der Waals surface area contributed by atoms with Crippen LogP contribution in [0.4, 0.5) is 0 Å². The van der Waals surface area contributed by atoms with Gasteiger partial charge in [-0.05, 0) is 133 Å². The lowest BCUT2D eigenvalue weighted by Gasteiger charge is -2.22. The first kappa shape index (κ1) is 33.1. The van der Waals surface area contributed by atoms with Crippen molar-refractivity contribution in [2.75, 3.05) is 0 Å². The largest absolute Gasteiger partial charge is 0.436 e. The molecule has 2 heterocycles. The minimum atomic E-state index is -0.124. The van der Waals surface area contributed by atoms with Crippen LogP contribution in [0.5, 0.6) is 0 Å². The predicted molar refractivity (Wildman–Crippen MR) is 232 cm³/mol. The van der Waals surface area contributed by atoms with Crippen molar-refractivity contribution < 1.29 is 8.83 Å². The third-order valence-electron chi connectivity index (χ3n) is 11.5. The summed E-state index contributed by atoms with van der Waals surface area (Å²) in [6.45, 7) is 4.71. The summed E-state index contributed by atoms with van der Waals surface area (Å²) in [6, 6.07) is 64.2. The standard InChI is InChI=1S/C53H36N2O2/c1-53(2)45-31-38(33-12-4-3-5-13-33)22-24-43(45)44-25-23-39(32-46(44)53)36-16-10-14-34(26-36)35-15-11-17-37(27-35)40-28-41(51-54-47-18-6-8-20-49(47)56-51)30-42(29-40)52-55-48-19-7-9-21-50(48)57-52/h3-32H,1-2H3. The van der Waals surface area contributed by atoms with Gasteiger partial charge >= 0.3 is 0 Å². The molecule has 1 aliphatic carbocycles. The molecule has 0 N–H and O–H groups in total. The summed E-state index contributed by atoms with van der Waals surface area (Å²) in [6.07, 6.45) is 0. The number of oxazole rings is 2. The zero-order chi connectivity index (χ0) is 38.1. The van der Waals surface area contributed by atoms with Crippen LogP contribution in [-0.4, -0.2) is 9.97 Å². The molecule has 0 atom stereocenters. The summed E-state index contributed by atoms with van der Waals surface area (Å²) < 4.78 is 12.5. The van der Waals surface area contributed by atoms with E-state index in [2.05, 4.69) is 141 Å². The fourth-order valence-electron chi connectivity index (χ4n) is 8.52. The fraction of sp³-hybridized carbons (Fsp3) is 0.0566. The van der Waals surface area contributed by atoms with Gasteiger partial charge in [0.05, 0.1) is 0 Å². The molecule has 4 heteroatoms. The Morgan fingerprint density at radius 2 is 0.719 bits per heavy atom. The van der Waals surface area contributed by atoms with Crippen molar-refractivity contribution >= 4 is 22.2 Å². The van der Waals surface area contributed by atoms with Crippen LogP contribution in [0.1, 0.15) is 25.0 Å². The van der Waals surface area contributed by atoms with Crippen LogP contribution in [-0.2, 0) is 5.41 Å². The van der Waals surface area contributed by atoms with Gasteiger partial charge in [0.25, 0.3) is 0 Å². The Morgan fingerprint density at radius 3 is 1.23 bits per heavy atom. The van der Waals surface area contributed by atoms with E-state index in [0.29, 0.717) is 11.8 Å². The summed E-state index contributed by atoms with van der Waals surface area (Å²) in [5, 5.41) is 0. The van der Waals surface area contributed by atoms with E-state index >= 15 is 0 Å². The minimum Gasteiger partial charge on any atom is -0.436 e. The van der Waals surface area contributed by atoms with Crippen molar-refractivity contribution in [2.24, 2.45) is 0 Å². The van der Waals surface area contributed by atoms with Gasteiger partial charge in [0.2, 0.25) is 11.8 Å². The third kappa shape index (κ3) is 5.68. The second-order valence-corrected chi connectivity index (χ2v) is 15.4. The van der Waals surface area contributed by atoms with Gasteiger partial charge in [0.15, 0.2) is 11.2 Å². The molecule has 0 fully saturated rings. The summed E-state index contributed by atoms with van der Waals surface area (Å²) in [7, 11) is 0. The molecule has 57 heavy (non-hydrogen) atoms. The second kappa shape index (κ2) is 12.9. The fourth-order valence-corrected chi connectivity index (χ4v) is 8.52. The number of para-hydroxylation sites is 4. The molecule has 270 valence electrons. The van der Waals surface area contributed by atoms with Crippen LogP contribution in [0.15, 0.2) is 191 Å². The van der Waals surface area contributed by atoms with Crippen molar-refractivity contribution in [1.29, 1.82) is 0 Å². The lowest BCUT2D eigenvalue weighted by Crippen LogP contribution is -2.15. The Balaban J connectivity index is 0.960. The van der Waals surface area contributed by atoms with E-state index in [0.717, 1.165) is 55.6 Å². The highest BCUT2D eigenvalue weighted by molar-refractivity contribution is 5.88. The molecule has 0 amide bonds. The first-order valence-electron chi connectivity index (χ1n) is 19.4. The molecule has 4 nitrogen and oxygen atoms in total. The summed E-state index contributed by atoms with van der Waals surface area (Å²) in [5.41, 5.74) is 19.4. The average molecular weight is 733 g/mol. The first-order valence-corrected chi connectivity index (χ1v) is 19.4. The summed E-state index contributed by atoms with van der Waals surface area (Å²) in [4.78, 5) is 9.68. The van der Waals surface area contributed by atoms with Gasteiger partial charge in [-0.2, -0.15) is 0 Å². The van der Waals surface area contributed by atoms with E-state index in [1.165, 1.54) is 44.5 Å². The van der Waals surface area contributed by atoms with Crippen molar-refractivity contribution in [1.82, 2.24) is 9.97 Å². The number of hydrogen-bond donors (Lipinski definition) is 0. The second-order valence-electron chi connectivity index (χ2n) is 15.4. The van der Waals surface area contributed by atoms with Gasteiger partial charge in [0.1, 0.15) is 11.0 Å². The maximum atomic E-state index is 6.26. The molecular weight excluding hydrogens is 697 g/mol. The molecule has 0 radical (unpaired) electrons. The van der Waals surface area contributed by atoms with E-state index in [9.17, 15) is 0 Å². The zero-order valence-electron chi connectivity index (χ0n) is 31.5. The van der Waals surface area contributed by atoms with Crippen LogP contribution in [0.25, 0.3) is 101 Å². The molecule has 1 aliphatic rings. The SMILES string of the molecule is CC1(C)c2cc(-c3ccccc3)ccc2-c2ccc(-c3cccc(-c4cccc(-c5cc(-c6nc7ccccc7o6)cc(-c6nc7ccccc7o6)c5)c4)c3)cc21. The van der Waals surface area contributed by atoms with E-state index in [1.807, 2.05) is 54.6 Å². The molecule has 0 unspecified atom stereocenters. The quantitative estimate of drug-likeness (QED) is 0.171. The topological polar surface area (TPSA) is 52.1 Å². The highest BCUT2D eigenvalue weighted by atomic mass is 16.4. The summed E-state index contributed by atoms with van der Waals surface area (Å²) >= 11 is 0. The Morgan fingerprint density at radius 1 is 0.333 bits per heavy atom. The van der Waals surface area contributed by atoms with Gasteiger partial charge in [-0.15, -0.1) is 0 Å². The Bertz CT molecular complexity index is 3010. The minimum absolute atomic E-state index is 0.124. The predicted octanol–water partition coefficient (Wildman–Crippen LogP) is 14.3. The molecule has 0 spiro atoms. The van der Waals surface area contributed by atoms with Crippen LogP contribution in [0, 0.1) is 0 Å². The van der Waals surface area contributed by atoms with E-state index in [-0.39, 0.29) is 5.41 Å². The van der Waals surface area contributed by atoms with E-state index in [4.69, 9.17) is 18.8 Å². The van der Waals surface area contributed by atoms with Gasteiger partial charge in [-0.3, -0.25) is 0 Å². The van der Waals surface area contributed by atoms with Gasteiger partial charge in [-0.25, -0.2) is 9.97 Å². The maximum absolute atomic E-state index is 6.26. The van der Waals surface area contributed by atoms with Crippen molar-refractivity contribution in [3.63, 3.8) is 0 Å². The molecule has 0 aliphatic heterocycles. The third-order valence-corrected chi connectivity index (χ3v) is 11.5. The monoisotopic (exact) mass is 732 g/mol. The lowest BCUT2D eigenvalue weighted by molar-refractivity contribution is 0.617. The Hall–Kier alpha value is -7.30. The zero-order valence-corrected chi connectivity index (χ0v) is 31.5. The average Bonchev–Trinajstić information content (AvgIpc) is 3.97. The van der Waals surface area contributed by atoms with Gasteiger partial charge in [0, 0.05) is 16.5 Å². The lowest BCUT2D eigenvalue weighted by atomic mass is 9.80. The van der Waals surface area contributed by atoms with Gasteiger partial charge in [-0.1, -0.05) is 129 Å². The Kier molecular flexibility index (Phi) is 7.48. The molecule has 10 aromatic rings. The maximum Gasteiger partial charge on any atom is 0.227 e. The molecule has 0 saturated heterocycles. The normalized spacial score (nSPS) is 12.9. The number of aromatic nitrogens is 2. The molecule has 2 aromatic heterocycles. The number of benzene rings is 8. The van der Waals surface area contributed by atoms with Crippen LogP contribution < -0.4 is 0 Å². The summed E-state index contributed by atoms with van der Waals surface area (Å²) in [5.74, 6) is 1.10. The number of hydrogen-bond acceptors (Lipinski definition) is 4. The number of nitrogens with zero attached hydrogens (tertiary/aromatic N) is 2.